The molecule has 0 aliphatic heterocycles. The molecule has 2 rings (SSSR count). The number of aryl methyl sites for hydroxylation is 1. The number of esters is 1. The Balaban J connectivity index is 2.30. The zero-order valence-corrected chi connectivity index (χ0v) is 11.7. The van der Waals surface area contributed by atoms with E-state index in [4.69, 9.17) is 4.74 Å². The Bertz CT molecular complexity index is 580. The number of imidazole rings is 1. The SMILES string of the molecule is Cc1[nH]c(-c2ccccc2)nc1C(=O)OC(C)(C)C. The zero-order valence-electron chi connectivity index (χ0n) is 11.7. The van der Waals surface area contributed by atoms with Crippen LogP contribution in [0.5, 0.6) is 0 Å². The number of hydrogen-bond donors (Lipinski definition) is 1. The number of nitrogens with zero attached hydrogens (tertiary/aromatic N) is 1. The van der Waals surface area contributed by atoms with Gasteiger partial charge in [-0.15, -0.1) is 0 Å². The van der Waals surface area contributed by atoms with Gasteiger partial charge in [0.15, 0.2) is 5.69 Å². The molecule has 0 unspecified atom stereocenters. The summed E-state index contributed by atoms with van der Waals surface area (Å²) in [6.07, 6.45) is 0. The number of nitrogens with one attached hydrogen (secondary N) is 1. The number of carbonyl (C=O) groups excluding carboxylic acids is 1. The highest BCUT2D eigenvalue weighted by atomic mass is 16.6. The third-order valence-corrected chi connectivity index (χ3v) is 2.52. The minimum Gasteiger partial charge on any atom is -0.455 e. The molecule has 0 spiro atoms. The molecule has 1 aromatic carbocycles. The van der Waals surface area contributed by atoms with Gasteiger partial charge in [-0.3, -0.25) is 0 Å². The van der Waals surface area contributed by atoms with Crippen LogP contribution in [0.3, 0.4) is 0 Å². The molecule has 2 aromatic rings. The van der Waals surface area contributed by atoms with E-state index < -0.39 is 11.6 Å². The van der Waals surface area contributed by atoms with Gasteiger partial charge in [0.1, 0.15) is 11.4 Å². The average molecular weight is 258 g/mol. The fraction of sp³-hybridized carbons (Fsp3) is 0.333. The van der Waals surface area contributed by atoms with Crippen molar-refractivity contribution in [3.05, 3.63) is 41.7 Å². The molecule has 4 heteroatoms. The Hall–Kier alpha value is -2.10. The molecule has 1 N–H and O–H groups in total. The van der Waals surface area contributed by atoms with Crippen molar-refractivity contribution >= 4 is 5.97 Å². The first-order chi connectivity index (χ1) is 8.87. The molecule has 0 aliphatic rings. The van der Waals surface area contributed by atoms with Gasteiger partial charge < -0.3 is 9.72 Å². The van der Waals surface area contributed by atoms with Crippen molar-refractivity contribution in [3.63, 3.8) is 0 Å². The molecular formula is C15H18N2O2. The van der Waals surface area contributed by atoms with Crippen LogP contribution in [-0.4, -0.2) is 21.5 Å². The molecule has 100 valence electrons. The number of aromatic amines is 1. The highest BCUT2D eigenvalue weighted by Crippen LogP contribution is 2.19. The number of aromatic nitrogens is 2. The summed E-state index contributed by atoms with van der Waals surface area (Å²) in [5, 5.41) is 0. The molecule has 0 amide bonds. The minimum atomic E-state index is -0.518. The Morgan fingerprint density at radius 2 is 1.84 bits per heavy atom. The van der Waals surface area contributed by atoms with Crippen LogP contribution in [0.1, 0.15) is 37.0 Å². The van der Waals surface area contributed by atoms with E-state index in [-0.39, 0.29) is 0 Å². The summed E-state index contributed by atoms with van der Waals surface area (Å²) in [6.45, 7) is 7.33. The second kappa shape index (κ2) is 4.88. The van der Waals surface area contributed by atoms with Crippen molar-refractivity contribution < 1.29 is 9.53 Å². The Kier molecular flexibility index (Phi) is 3.42. The van der Waals surface area contributed by atoms with E-state index in [0.29, 0.717) is 17.2 Å². The van der Waals surface area contributed by atoms with E-state index >= 15 is 0 Å². The van der Waals surface area contributed by atoms with Crippen LogP contribution in [0.15, 0.2) is 30.3 Å². The summed E-state index contributed by atoms with van der Waals surface area (Å²) in [4.78, 5) is 19.5. The topological polar surface area (TPSA) is 55.0 Å². The molecule has 1 aromatic heterocycles. The van der Waals surface area contributed by atoms with Gasteiger partial charge in [-0.05, 0) is 27.7 Å². The van der Waals surface area contributed by atoms with Crippen LogP contribution in [-0.2, 0) is 4.74 Å². The molecular weight excluding hydrogens is 240 g/mol. The van der Waals surface area contributed by atoms with Crippen molar-refractivity contribution in [2.75, 3.05) is 0 Å². The normalized spacial score (nSPS) is 11.4. The lowest BCUT2D eigenvalue weighted by atomic mass is 10.2. The maximum atomic E-state index is 12.0. The Morgan fingerprint density at radius 3 is 2.42 bits per heavy atom. The van der Waals surface area contributed by atoms with E-state index in [2.05, 4.69) is 9.97 Å². The van der Waals surface area contributed by atoms with Crippen LogP contribution in [0.2, 0.25) is 0 Å². The van der Waals surface area contributed by atoms with E-state index in [1.807, 2.05) is 58.0 Å². The van der Waals surface area contributed by atoms with Crippen LogP contribution < -0.4 is 0 Å². The van der Waals surface area contributed by atoms with Gasteiger partial charge in [0.2, 0.25) is 0 Å². The predicted octanol–water partition coefficient (Wildman–Crippen LogP) is 3.34. The number of H-pyrrole nitrogens is 1. The molecule has 0 atom stereocenters. The highest BCUT2D eigenvalue weighted by Gasteiger charge is 2.22. The number of hydrogen-bond acceptors (Lipinski definition) is 3. The van der Waals surface area contributed by atoms with Gasteiger partial charge in [-0.25, -0.2) is 9.78 Å². The molecule has 0 bridgehead atoms. The lowest BCUT2D eigenvalue weighted by molar-refractivity contribution is 0.00627. The van der Waals surface area contributed by atoms with E-state index in [1.54, 1.807) is 0 Å². The van der Waals surface area contributed by atoms with Crippen molar-refractivity contribution in [2.45, 2.75) is 33.3 Å². The fourth-order valence-electron chi connectivity index (χ4n) is 1.72. The standard InChI is InChI=1S/C15H18N2O2/c1-10-12(14(18)19-15(2,3)4)17-13(16-10)11-8-6-5-7-9-11/h5-9H,1-4H3,(H,16,17). The zero-order chi connectivity index (χ0) is 14.0. The van der Waals surface area contributed by atoms with Gasteiger partial charge in [-0.1, -0.05) is 30.3 Å². The maximum Gasteiger partial charge on any atom is 0.359 e. The summed E-state index contributed by atoms with van der Waals surface area (Å²) in [5.41, 5.74) is 1.48. The fourth-order valence-corrected chi connectivity index (χ4v) is 1.72. The second-order valence-electron chi connectivity index (χ2n) is 5.43. The van der Waals surface area contributed by atoms with Crippen LogP contribution in [0, 0.1) is 6.92 Å². The lowest BCUT2D eigenvalue weighted by Gasteiger charge is -2.18. The summed E-state index contributed by atoms with van der Waals surface area (Å²) >= 11 is 0. The highest BCUT2D eigenvalue weighted by molar-refractivity contribution is 5.89. The van der Waals surface area contributed by atoms with Crippen molar-refractivity contribution in [1.82, 2.24) is 9.97 Å². The lowest BCUT2D eigenvalue weighted by Crippen LogP contribution is -2.24. The monoisotopic (exact) mass is 258 g/mol. The van der Waals surface area contributed by atoms with Crippen molar-refractivity contribution in [3.8, 4) is 11.4 Å². The largest absolute Gasteiger partial charge is 0.455 e. The van der Waals surface area contributed by atoms with Gasteiger partial charge in [0.25, 0.3) is 0 Å². The summed E-state index contributed by atoms with van der Waals surface area (Å²) < 4.78 is 5.33. The van der Waals surface area contributed by atoms with Gasteiger partial charge in [0, 0.05) is 11.3 Å². The van der Waals surface area contributed by atoms with Gasteiger partial charge >= 0.3 is 5.97 Å². The molecule has 1 heterocycles. The first-order valence-corrected chi connectivity index (χ1v) is 6.22. The number of ether oxygens (including phenoxy) is 1. The molecule has 0 fully saturated rings. The van der Waals surface area contributed by atoms with Crippen LogP contribution in [0.25, 0.3) is 11.4 Å². The smallest absolute Gasteiger partial charge is 0.359 e. The first-order valence-electron chi connectivity index (χ1n) is 6.22. The van der Waals surface area contributed by atoms with Gasteiger partial charge in [-0.2, -0.15) is 0 Å². The summed E-state index contributed by atoms with van der Waals surface area (Å²) in [7, 11) is 0. The molecule has 19 heavy (non-hydrogen) atoms. The maximum absolute atomic E-state index is 12.0. The molecule has 0 aliphatic carbocycles. The third-order valence-electron chi connectivity index (χ3n) is 2.52. The number of benzene rings is 1. The van der Waals surface area contributed by atoms with E-state index in [0.717, 1.165) is 5.56 Å². The quantitative estimate of drug-likeness (QED) is 0.840. The number of rotatable bonds is 2. The summed E-state index contributed by atoms with van der Waals surface area (Å²) in [5.74, 6) is 0.280. The van der Waals surface area contributed by atoms with Crippen molar-refractivity contribution in [2.24, 2.45) is 0 Å². The molecule has 0 saturated heterocycles. The van der Waals surface area contributed by atoms with E-state index in [1.165, 1.54) is 0 Å². The van der Waals surface area contributed by atoms with Crippen LogP contribution in [0.4, 0.5) is 0 Å². The van der Waals surface area contributed by atoms with Gasteiger partial charge in [0.05, 0.1) is 0 Å². The molecule has 0 radical (unpaired) electrons. The van der Waals surface area contributed by atoms with E-state index in [9.17, 15) is 4.79 Å². The Morgan fingerprint density at radius 1 is 1.21 bits per heavy atom. The third kappa shape index (κ3) is 3.22. The second-order valence-corrected chi connectivity index (χ2v) is 5.43. The predicted molar refractivity (Wildman–Crippen MR) is 73.9 cm³/mol. The molecule has 4 nitrogen and oxygen atoms in total. The van der Waals surface area contributed by atoms with Crippen molar-refractivity contribution in [1.29, 1.82) is 0 Å². The summed E-state index contributed by atoms with van der Waals surface area (Å²) in [6, 6.07) is 9.68. The van der Waals surface area contributed by atoms with Crippen LogP contribution >= 0.6 is 0 Å². The first kappa shape index (κ1) is 13.3. The number of carbonyl (C=O) groups is 1. The molecule has 0 saturated carbocycles. The minimum absolute atomic E-state index is 0.341. The average Bonchev–Trinajstić information content (AvgIpc) is 2.70. The Labute approximate surface area is 112 Å².